The number of hydrogen-bond acceptors (Lipinski definition) is 5. The van der Waals surface area contributed by atoms with Gasteiger partial charge < -0.3 is 20.3 Å². The standard InChI is InChI=1S/C29H34N4O3/c1-2-32(21-28(34)30-25-12-14-26(15-13-25)33-16-18-36-19-17-33)22-29(35)31-27-11-7-6-10-24(27)20-23-8-4-3-5-9-23/h3-15H,2,16-22H2,1H3,(H,30,34)(H,31,35). The maximum Gasteiger partial charge on any atom is 0.238 e. The molecule has 0 atom stereocenters. The molecule has 7 nitrogen and oxygen atoms in total. The molecule has 188 valence electrons. The van der Waals surface area contributed by atoms with Gasteiger partial charge in [0.05, 0.1) is 26.3 Å². The van der Waals surface area contributed by atoms with Crippen LogP contribution in [0.5, 0.6) is 0 Å². The molecule has 3 aromatic rings. The number of nitrogens with zero attached hydrogens (tertiary/aromatic N) is 2. The highest BCUT2D eigenvalue weighted by atomic mass is 16.5. The first-order valence-corrected chi connectivity index (χ1v) is 12.5. The predicted molar refractivity (Wildman–Crippen MR) is 145 cm³/mol. The molecule has 1 aliphatic rings. The summed E-state index contributed by atoms with van der Waals surface area (Å²) in [7, 11) is 0. The van der Waals surface area contributed by atoms with E-state index in [1.165, 1.54) is 5.56 Å². The summed E-state index contributed by atoms with van der Waals surface area (Å²) in [5.74, 6) is -0.284. The number of benzene rings is 3. The first-order valence-electron chi connectivity index (χ1n) is 12.5. The molecular weight excluding hydrogens is 452 g/mol. The lowest BCUT2D eigenvalue weighted by Crippen LogP contribution is -2.38. The molecule has 1 aliphatic heterocycles. The maximum atomic E-state index is 12.8. The number of ether oxygens (including phenoxy) is 1. The zero-order valence-electron chi connectivity index (χ0n) is 20.8. The summed E-state index contributed by atoms with van der Waals surface area (Å²) in [4.78, 5) is 29.6. The Hall–Kier alpha value is -3.68. The zero-order chi connectivity index (χ0) is 25.2. The van der Waals surface area contributed by atoms with E-state index in [0.29, 0.717) is 6.54 Å². The molecule has 2 amide bonds. The highest BCUT2D eigenvalue weighted by Gasteiger charge is 2.15. The van der Waals surface area contributed by atoms with Crippen molar-refractivity contribution >= 4 is 28.9 Å². The first-order chi connectivity index (χ1) is 17.6. The van der Waals surface area contributed by atoms with Gasteiger partial charge in [0.15, 0.2) is 0 Å². The fourth-order valence-corrected chi connectivity index (χ4v) is 4.27. The number of carbonyl (C=O) groups excluding carboxylic acids is 2. The van der Waals surface area contributed by atoms with E-state index in [0.717, 1.165) is 55.3 Å². The van der Waals surface area contributed by atoms with E-state index in [1.54, 1.807) is 0 Å². The molecule has 0 radical (unpaired) electrons. The lowest BCUT2D eigenvalue weighted by molar-refractivity contribution is -0.119. The van der Waals surface area contributed by atoms with Gasteiger partial charge in [-0.3, -0.25) is 14.5 Å². The van der Waals surface area contributed by atoms with Crippen LogP contribution in [0.1, 0.15) is 18.1 Å². The van der Waals surface area contributed by atoms with Gasteiger partial charge >= 0.3 is 0 Å². The van der Waals surface area contributed by atoms with Crippen molar-refractivity contribution in [2.75, 3.05) is 61.5 Å². The van der Waals surface area contributed by atoms with Gasteiger partial charge in [-0.15, -0.1) is 0 Å². The molecule has 7 heteroatoms. The van der Waals surface area contributed by atoms with Crippen molar-refractivity contribution in [2.45, 2.75) is 13.3 Å². The van der Waals surface area contributed by atoms with Crippen molar-refractivity contribution in [3.05, 3.63) is 90.0 Å². The van der Waals surface area contributed by atoms with Crippen LogP contribution in [0.3, 0.4) is 0 Å². The Kier molecular flexibility index (Phi) is 9.08. The van der Waals surface area contributed by atoms with Crippen LogP contribution in [-0.4, -0.2) is 62.7 Å². The number of anilines is 3. The fourth-order valence-electron chi connectivity index (χ4n) is 4.27. The van der Waals surface area contributed by atoms with Gasteiger partial charge in [-0.1, -0.05) is 55.5 Å². The Labute approximate surface area is 213 Å². The number of rotatable bonds is 10. The summed E-state index contributed by atoms with van der Waals surface area (Å²) in [5.41, 5.74) is 4.90. The Morgan fingerprint density at radius 2 is 1.47 bits per heavy atom. The molecule has 0 bridgehead atoms. The minimum atomic E-state index is -0.145. The number of morpholine rings is 1. The summed E-state index contributed by atoms with van der Waals surface area (Å²) in [6, 6.07) is 25.9. The second-order valence-corrected chi connectivity index (χ2v) is 8.87. The maximum absolute atomic E-state index is 12.8. The Balaban J connectivity index is 1.28. The average Bonchev–Trinajstić information content (AvgIpc) is 2.91. The summed E-state index contributed by atoms with van der Waals surface area (Å²) in [5, 5.41) is 5.97. The molecule has 1 fully saturated rings. The van der Waals surface area contributed by atoms with Gasteiger partial charge in [0.2, 0.25) is 11.8 Å². The smallest absolute Gasteiger partial charge is 0.238 e. The summed E-state index contributed by atoms with van der Waals surface area (Å²) in [6.45, 7) is 6.02. The van der Waals surface area contributed by atoms with E-state index in [-0.39, 0.29) is 24.9 Å². The third kappa shape index (κ3) is 7.41. The molecular formula is C29H34N4O3. The highest BCUT2D eigenvalue weighted by Crippen LogP contribution is 2.20. The first kappa shape index (κ1) is 25.4. The minimum Gasteiger partial charge on any atom is -0.378 e. The third-order valence-corrected chi connectivity index (χ3v) is 6.24. The SMILES string of the molecule is CCN(CC(=O)Nc1ccc(N2CCOCC2)cc1)CC(=O)Nc1ccccc1Cc1ccccc1. The Bertz CT molecular complexity index is 1130. The minimum absolute atomic E-state index is 0.138. The number of hydrogen-bond donors (Lipinski definition) is 2. The van der Waals surface area contributed by atoms with Crippen LogP contribution in [-0.2, 0) is 20.7 Å². The molecule has 4 rings (SSSR count). The van der Waals surface area contributed by atoms with Crippen molar-refractivity contribution in [1.82, 2.24) is 4.90 Å². The van der Waals surface area contributed by atoms with E-state index in [9.17, 15) is 9.59 Å². The summed E-state index contributed by atoms with van der Waals surface area (Å²) < 4.78 is 5.40. The van der Waals surface area contributed by atoms with Gasteiger partial charge in [-0.2, -0.15) is 0 Å². The third-order valence-electron chi connectivity index (χ3n) is 6.24. The molecule has 1 saturated heterocycles. The molecule has 0 aliphatic carbocycles. The van der Waals surface area contributed by atoms with E-state index in [4.69, 9.17) is 4.74 Å². The van der Waals surface area contributed by atoms with Gasteiger partial charge in [0, 0.05) is 30.2 Å². The monoisotopic (exact) mass is 486 g/mol. The van der Waals surface area contributed by atoms with Crippen molar-refractivity contribution in [1.29, 1.82) is 0 Å². The van der Waals surface area contributed by atoms with Crippen molar-refractivity contribution in [2.24, 2.45) is 0 Å². The Morgan fingerprint density at radius 1 is 0.833 bits per heavy atom. The molecule has 1 heterocycles. The lowest BCUT2D eigenvalue weighted by Gasteiger charge is -2.29. The number of para-hydroxylation sites is 1. The topological polar surface area (TPSA) is 73.9 Å². The molecule has 36 heavy (non-hydrogen) atoms. The van der Waals surface area contributed by atoms with Crippen LogP contribution in [0.4, 0.5) is 17.1 Å². The van der Waals surface area contributed by atoms with E-state index in [2.05, 4.69) is 27.7 Å². The van der Waals surface area contributed by atoms with E-state index < -0.39 is 0 Å². The highest BCUT2D eigenvalue weighted by molar-refractivity contribution is 5.95. The van der Waals surface area contributed by atoms with Gasteiger partial charge in [-0.25, -0.2) is 0 Å². The van der Waals surface area contributed by atoms with Crippen LogP contribution >= 0.6 is 0 Å². The lowest BCUT2D eigenvalue weighted by atomic mass is 10.0. The van der Waals surface area contributed by atoms with E-state index in [1.807, 2.05) is 78.6 Å². The van der Waals surface area contributed by atoms with Gasteiger partial charge in [0.1, 0.15) is 0 Å². The van der Waals surface area contributed by atoms with Crippen LogP contribution in [0.2, 0.25) is 0 Å². The normalized spacial score (nSPS) is 13.4. The number of nitrogens with one attached hydrogen (secondary N) is 2. The zero-order valence-corrected chi connectivity index (χ0v) is 20.8. The van der Waals surface area contributed by atoms with Crippen LogP contribution < -0.4 is 15.5 Å². The molecule has 2 N–H and O–H groups in total. The fraction of sp³-hybridized carbons (Fsp3) is 0.310. The second kappa shape index (κ2) is 12.9. The second-order valence-electron chi connectivity index (χ2n) is 8.87. The summed E-state index contributed by atoms with van der Waals surface area (Å²) >= 11 is 0. The Morgan fingerprint density at radius 3 is 2.17 bits per heavy atom. The largest absolute Gasteiger partial charge is 0.378 e. The van der Waals surface area contributed by atoms with Gasteiger partial charge in [0.25, 0.3) is 0 Å². The predicted octanol–water partition coefficient (Wildman–Crippen LogP) is 4.01. The number of likely N-dealkylation sites (N-methyl/N-ethyl adjacent to an activating group) is 1. The van der Waals surface area contributed by atoms with Crippen molar-refractivity contribution in [3.63, 3.8) is 0 Å². The molecule has 3 aromatic carbocycles. The molecule has 0 saturated carbocycles. The van der Waals surface area contributed by atoms with E-state index >= 15 is 0 Å². The van der Waals surface area contributed by atoms with Crippen molar-refractivity contribution < 1.29 is 14.3 Å². The molecule has 0 aromatic heterocycles. The number of amides is 2. The molecule has 0 spiro atoms. The summed E-state index contributed by atoms with van der Waals surface area (Å²) in [6.07, 6.45) is 0.738. The van der Waals surface area contributed by atoms with Crippen LogP contribution in [0.25, 0.3) is 0 Å². The quantitative estimate of drug-likeness (QED) is 0.453. The average molecular weight is 487 g/mol. The number of carbonyl (C=O) groups is 2. The molecule has 0 unspecified atom stereocenters. The van der Waals surface area contributed by atoms with Crippen LogP contribution in [0, 0.1) is 0 Å². The van der Waals surface area contributed by atoms with Crippen molar-refractivity contribution in [3.8, 4) is 0 Å². The van der Waals surface area contributed by atoms with Crippen LogP contribution in [0.15, 0.2) is 78.9 Å². The van der Waals surface area contributed by atoms with Gasteiger partial charge in [-0.05, 0) is 54.4 Å².